The third-order valence-electron chi connectivity index (χ3n) is 4.42. The number of oxime groups is 1. The van der Waals surface area contributed by atoms with Crippen LogP contribution in [0.3, 0.4) is 0 Å². The van der Waals surface area contributed by atoms with Crippen molar-refractivity contribution in [1.29, 1.82) is 0 Å². The summed E-state index contributed by atoms with van der Waals surface area (Å²) >= 11 is 1.22. The molecule has 3 rings (SSSR count). The van der Waals surface area contributed by atoms with Gasteiger partial charge in [-0.05, 0) is 12.1 Å². The Morgan fingerprint density at radius 2 is 2.13 bits per heavy atom. The monoisotopic (exact) mass is 453 g/mol. The molecule has 1 aromatic heterocycles. The number of methoxy groups -OCH3 is 1. The lowest BCUT2D eigenvalue weighted by atomic mass is 10.0. The van der Waals surface area contributed by atoms with Gasteiger partial charge in [0.1, 0.15) is 18.2 Å². The van der Waals surface area contributed by atoms with Crippen LogP contribution in [0.2, 0.25) is 0 Å². The van der Waals surface area contributed by atoms with Crippen molar-refractivity contribution in [3.63, 3.8) is 0 Å². The molecule has 0 spiro atoms. The third kappa shape index (κ3) is 4.27. The summed E-state index contributed by atoms with van der Waals surface area (Å²) in [6.07, 6.45) is -0.930. The molecule has 3 atom stereocenters. The maximum atomic E-state index is 12.8. The summed E-state index contributed by atoms with van der Waals surface area (Å²) in [5.41, 5.74) is -0.615. The van der Waals surface area contributed by atoms with Crippen molar-refractivity contribution in [2.24, 2.45) is 5.16 Å². The summed E-state index contributed by atoms with van der Waals surface area (Å²) in [4.78, 5) is 54.6. The van der Waals surface area contributed by atoms with E-state index in [2.05, 4.69) is 15.3 Å². The lowest BCUT2D eigenvalue weighted by molar-refractivity contribution is -0.162. The molecule has 2 aliphatic rings. The van der Waals surface area contributed by atoms with Crippen molar-refractivity contribution in [3.8, 4) is 0 Å². The molecular weight excluding hydrogens is 434 g/mol. The Labute approximate surface area is 180 Å². The smallest absolute Gasteiger partial charge is 0.352 e. The van der Waals surface area contributed by atoms with Gasteiger partial charge in [0, 0.05) is 25.4 Å². The number of aliphatic carboxylic acids is 1. The fourth-order valence-electron chi connectivity index (χ4n) is 3.14. The molecule has 0 aliphatic carbocycles. The largest absolute Gasteiger partial charge is 0.477 e. The number of furan rings is 1. The van der Waals surface area contributed by atoms with Gasteiger partial charge in [-0.15, -0.1) is 11.8 Å². The molecule has 0 bridgehead atoms. The van der Waals surface area contributed by atoms with Crippen molar-refractivity contribution >= 4 is 41.2 Å². The summed E-state index contributed by atoms with van der Waals surface area (Å²) in [5.74, 6) is -3.44. The molecule has 3 heterocycles. The molecule has 2 amide bonds. The van der Waals surface area contributed by atoms with Gasteiger partial charge in [-0.3, -0.25) is 19.3 Å². The van der Waals surface area contributed by atoms with Crippen molar-refractivity contribution in [1.82, 2.24) is 10.2 Å². The highest BCUT2D eigenvalue weighted by atomic mass is 32.2. The highest BCUT2D eigenvalue weighted by Gasteiger charge is 2.55. The molecule has 1 fully saturated rings. The molecule has 12 nitrogen and oxygen atoms in total. The van der Waals surface area contributed by atoms with Crippen LogP contribution in [-0.2, 0) is 33.5 Å². The number of hydrogen-bond acceptors (Lipinski definition) is 10. The first-order valence-electron chi connectivity index (χ1n) is 8.87. The Bertz CT molecular complexity index is 956. The summed E-state index contributed by atoms with van der Waals surface area (Å²) in [6, 6.07) is 2.99. The number of ether oxygens (including phenoxy) is 2. The topological polar surface area (TPSA) is 157 Å². The SMILES string of the molecule is CON=C(C(=O)NC(OC(C)=O)C1=C(C(=O)O)N2C(=O)[C@@H](OC)[C@H]2SC1)c1ccco1. The van der Waals surface area contributed by atoms with Crippen LogP contribution in [0, 0.1) is 0 Å². The molecule has 1 saturated heterocycles. The number of fused-ring (bicyclic) bond motifs is 1. The van der Waals surface area contributed by atoms with Crippen LogP contribution in [-0.4, -0.2) is 77.1 Å². The molecule has 0 saturated carbocycles. The number of carboxylic acids is 1. The highest BCUT2D eigenvalue weighted by Crippen LogP contribution is 2.42. The Hall–Kier alpha value is -3.32. The normalized spacial score (nSPS) is 21.7. The first-order valence-corrected chi connectivity index (χ1v) is 9.91. The molecule has 2 N–H and O–H groups in total. The highest BCUT2D eigenvalue weighted by molar-refractivity contribution is 8.00. The van der Waals surface area contributed by atoms with Gasteiger partial charge in [-0.1, -0.05) is 5.16 Å². The number of β-lactam (4-membered cyclic amide) rings is 1. The number of amides is 2. The number of nitrogens with one attached hydrogen (secondary N) is 1. The predicted octanol–water partition coefficient (Wildman–Crippen LogP) is -0.0957. The molecular formula is C18H19N3O9S. The summed E-state index contributed by atoms with van der Waals surface area (Å²) < 4.78 is 15.4. The van der Waals surface area contributed by atoms with E-state index in [0.717, 1.165) is 11.8 Å². The van der Waals surface area contributed by atoms with E-state index in [9.17, 15) is 24.3 Å². The summed E-state index contributed by atoms with van der Waals surface area (Å²) in [6.45, 7) is 1.10. The van der Waals surface area contributed by atoms with Gasteiger partial charge in [0.2, 0.25) is 11.9 Å². The summed E-state index contributed by atoms with van der Waals surface area (Å²) in [7, 11) is 2.58. The number of carboxylic acid groups (broad SMARTS) is 1. The number of carbonyl (C=O) groups is 4. The van der Waals surface area contributed by atoms with Crippen molar-refractivity contribution in [2.45, 2.75) is 24.6 Å². The minimum Gasteiger partial charge on any atom is -0.477 e. The molecule has 31 heavy (non-hydrogen) atoms. The summed E-state index contributed by atoms with van der Waals surface area (Å²) in [5, 5.41) is 15.3. The second kappa shape index (κ2) is 9.22. The average molecular weight is 453 g/mol. The third-order valence-corrected chi connectivity index (χ3v) is 5.70. The van der Waals surface area contributed by atoms with Crippen LogP contribution >= 0.6 is 11.8 Å². The van der Waals surface area contributed by atoms with Crippen LogP contribution < -0.4 is 5.32 Å². The van der Waals surface area contributed by atoms with E-state index in [1.54, 1.807) is 0 Å². The van der Waals surface area contributed by atoms with Crippen LogP contribution in [0.4, 0.5) is 0 Å². The van der Waals surface area contributed by atoms with Crippen LogP contribution in [0.25, 0.3) is 0 Å². The quantitative estimate of drug-likeness (QED) is 0.179. The zero-order valence-electron chi connectivity index (χ0n) is 16.7. The second-order valence-electron chi connectivity index (χ2n) is 6.31. The number of rotatable bonds is 8. The van der Waals surface area contributed by atoms with Crippen LogP contribution in [0.15, 0.2) is 39.2 Å². The van der Waals surface area contributed by atoms with Crippen molar-refractivity contribution < 1.29 is 43.0 Å². The van der Waals surface area contributed by atoms with Gasteiger partial charge in [-0.25, -0.2) is 4.79 Å². The molecule has 0 aromatic carbocycles. The number of esters is 1. The van der Waals surface area contributed by atoms with Gasteiger partial charge in [0.05, 0.1) is 6.26 Å². The standard InChI is InChI=1S/C18H19N3O9S/c1-8(22)30-15(19-14(23)11(20-28-3)10-5-4-6-29-10)9-7-31-17-13(27-2)16(24)21(17)12(9)18(25)26/h4-6,13,15,17H,7H2,1-3H3,(H,19,23)(H,25,26)/t13-,15?,17-/m1/s1. The average Bonchev–Trinajstić information content (AvgIpc) is 3.24. The molecule has 2 aliphatic heterocycles. The predicted molar refractivity (Wildman–Crippen MR) is 105 cm³/mol. The Morgan fingerprint density at radius 3 is 2.68 bits per heavy atom. The molecule has 166 valence electrons. The van der Waals surface area contributed by atoms with E-state index in [4.69, 9.17) is 13.9 Å². The van der Waals surface area contributed by atoms with Crippen molar-refractivity contribution in [3.05, 3.63) is 35.4 Å². The van der Waals surface area contributed by atoms with Gasteiger partial charge in [0.15, 0.2) is 11.9 Å². The molecule has 13 heteroatoms. The van der Waals surface area contributed by atoms with Gasteiger partial charge in [0.25, 0.3) is 11.8 Å². The number of thioether (sulfide) groups is 1. The first-order chi connectivity index (χ1) is 14.8. The van der Waals surface area contributed by atoms with Gasteiger partial charge in [-0.2, -0.15) is 0 Å². The Kier molecular flexibility index (Phi) is 6.65. The Morgan fingerprint density at radius 1 is 1.39 bits per heavy atom. The number of nitrogens with zero attached hydrogens (tertiary/aromatic N) is 2. The lowest BCUT2D eigenvalue weighted by Gasteiger charge is -2.49. The minimum atomic E-state index is -1.48. The van der Waals surface area contributed by atoms with Gasteiger partial charge >= 0.3 is 11.9 Å². The van der Waals surface area contributed by atoms with Crippen LogP contribution in [0.5, 0.6) is 0 Å². The van der Waals surface area contributed by atoms with E-state index in [1.807, 2.05) is 0 Å². The minimum absolute atomic E-state index is 0.0245. The fourth-order valence-corrected chi connectivity index (χ4v) is 4.54. The number of hydrogen-bond donors (Lipinski definition) is 2. The number of carbonyl (C=O) groups excluding carboxylic acids is 3. The Balaban J connectivity index is 1.96. The fraction of sp³-hybridized carbons (Fsp3) is 0.389. The maximum absolute atomic E-state index is 12.8. The first kappa shape index (κ1) is 22.4. The zero-order chi connectivity index (χ0) is 22.7. The second-order valence-corrected chi connectivity index (χ2v) is 7.41. The molecule has 0 radical (unpaired) electrons. The van der Waals surface area contributed by atoms with Crippen molar-refractivity contribution in [2.75, 3.05) is 20.0 Å². The van der Waals surface area contributed by atoms with Crippen LogP contribution in [0.1, 0.15) is 12.7 Å². The molecule has 1 unspecified atom stereocenters. The van der Waals surface area contributed by atoms with E-state index in [-0.39, 0.29) is 28.5 Å². The van der Waals surface area contributed by atoms with E-state index < -0.39 is 41.5 Å². The van der Waals surface area contributed by atoms with E-state index in [1.165, 1.54) is 44.4 Å². The maximum Gasteiger partial charge on any atom is 0.352 e. The van der Waals surface area contributed by atoms with E-state index >= 15 is 0 Å². The van der Waals surface area contributed by atoms with Gasteiger partial charge < -0.3 is 29.2 Å². The zero-order valence-corrected chi connectivity index (χ0v) is 17.5. The lowest BCUT2D eigenvalue weighted by Crippen LogP contribution is -2.66. The molecule has 1 aromatic rings. The van der Waals surface area contributed by atoms with E-state index in [0.29, 0.717) is 0 Å².